The van der Waals surface area contributed by atoms with Crippen LogP contribution >= 0.6 is 27.5 Å². The second-order valence-electron chi connectivity index (χ2n) is 3.83. The number of nitrogens with zero attached hydrogens (tertiary/aromatic N) is 2. The maximum Gasteiger partial charge on any atom is 0.0802 e. The number of hydrogen-bond donors (Lipinski definition) is 1. The van der Waals surface area contributed by atoms with Gasteiger partial charge in [0.05, 0.1) is 11.4 Å². The van der Waals surface area contributed by atoms with Gasteiger partial charge >= 0.3 is 0 Å². The molecule has 2 aromatic rings. The molecule has 1 aromatic heterocycles. The Hall–Kier alpha value is -0.840. The zero-order valence-corrected chi connectivity index (χ0v) is 12.0. The number of hydrogen-bond acceptors (Lipinski definition) is 2. The van der Waals surface area contributed by atoms with E-state index in [4.69, 9.17) is 11.6 Å². The van der Waals surface area contributed by atoms with E-state index in [-0.39, 0.29) is 0 Å². The predicted octanol–water partition coefficient (Wildman–Crippen LogP) is 3.32. The first-order chi connectivity index (χ1) is 8.11. The molecule has 3 nitrogen and oxygen atoms in total. The third kappa shape index (κ3) is 2.70. The zero-order valence-electron chi connectivity index (χ0n) is 9.67. The smallest absolute Gasteiger partial charge is 0.0802 e. The Labute approximate surface area is 114 Å². The van der Waals surface area contributed by atoms with Crippen molar-refractivity contribution in [2.75, 3.05) is 7.05 Å². The van der Waals surface area contributed by atoms with Gasteiger partial charge in [0.2, 0.25) is 0 Å². The second-order valence-corrected chi connectivity index (χ2v) is 5.10. The van der Waals surface area contributed by atoms with Gasteiger partial charge in [0.25, 0.3) is 0 Å². The van der Waals surface area contributed by atoms with Crippen LogP contribution in [-0.2, 0) is 6.54 Å². The van der Waals surface area contributed by atoms with Gasteiger partial charge in [-0.05, 0) is 53.7 Å². The Balaban J connectivity index is 2.41. The first kappa shape index (κ1) is 12.6. The van der Waals surface area contributed by atoms with E-state index in [1.54, 1.807) is 0 Å². The Bertz CT molecular complexity index is 537. The van der Waals surface area contributed by atoms with E-state index in [0.29, 0.717) is 0 Å². The molecule has 2 rings (SSSR count). The van der Waals surface area contributed by atoms with Crippen molar-refractivity contribution in [3.05, 3.63) is 45.1 Å². The van der Waals surface area contributed by atoms with E-state index in [1.165, 1.54) is 0 Å². The summed E-state index contributed by atoms with van der Waals surface area (Å²) in [6.45, 7) is 2.73. The fourth-order valence-electron chi connectivity index (χ4n) is 1.58. The number of rotatable bonds is 3. The molecule has 1 N–H and O–H groups in total. The van der Waals surface area contributed by atoms with E-state index in [0.717, 1.165) is 33.0 Å². The Morgan fingerprint density at radius 1 is 1.47 bits per heavy atom. The number of aromatic nitrogens is 2. The van der Waals surface area contributed by atoms with Gasteiger partial charge in [0, 0.05) is 22.2 Å². The van der Waals surface area contributed by atoms with Gasteiger partial charge in [0.1, 0.15) is 0 Å². The van der Waals surface area contributed by atoms with E-state index in [1.807, 2.05) is 43.0 Å². The van der Waals surface area contributed by atoms with Crippen molar-refractivity contribution in [1.82, 2.24) is 15.1 Å². The van der Waals surface area contributed by atoms with Gasteiger partial charge in [-0.2, -0.15) is 5.10 Å². The number of benzene rings is 1. The summed E-state index contributed by atoms with van der Waals surface area (Å²) >= 11 is 9.66. The molecule has 0 aliphatic carbocycles. The van der Waals surface area contributed by atoms with Gasteiger partial charge in [-0.3, -0.25) is 0 Å². The highest BCUT2D eigenvalue weighted by Gasteiger charge is 2.07. The van der Waals surface area contributed by atoms with E-state index >= 15 is 0 Å². The highest BCUT2D eigenvalue weighted by molar-refractivity contribution is 9.10. The molecule has 0 radical (unpaired) electrons. The molecule has 0 saturated carbocycles. The third-order valence-electron chi connectivity index (χ3n) is 2.48. The molecule has 0 fully saturated rings. The molecule has 0 atom stereocenters. The van der Waals surface area contributed by atoms with Crippen molar-refractivity contribution in [2.45, 2.75) is 13.5 Å². The molecule has 1 heterocycles. The summed E-state index contributed by atoms with van der Waals surface area (Å²) in [4.78, 5) is 0. The van der Waals surface area contributed by atoms with Gasteiger partial charge in [-0.15, -0.1) is 0 Å². The molecule has 0 bridgehead atoms. The predicted molar refractivity (Wildman–Crippen MR) is 73.8 cm³/mol. The lowest BCUT2D eigenvalue weighted by atomic mass is 10.2. The molecule has 0 saturated heterocycles. The summed E-state index contributed by atoms with van der Waals surface area (Å²) in [5.41, 5.74) is 2.99. The van der Waals surface area contributed by atoms with Crippen molar-refractivity contribution in [3.8, 4) is 5.69 Å². The monoisotopic (exact) mass is 313 g/mol. The van der Waals surface area contributed by atoms with E-state index in [9.17, 15) is 0 Å². The third-order valence-corrected chi connectivity index (χ3v) is 3.52. The Kier molecular flexibility index (Phi) is 3.86. The molecule has 0 amide bonds. The van der Waals surface area contributed by atoms with Crippen LogP contribution in [0.4, 0.5) is 0 Å². The highest BCUT2D eigenvalue weighted by atomic mass is 79.9. The molecule has 17 heavy (non-hydrogen) atoms. The number of nitrogens with one attached hydrogen (secondary N) is 1. The van der Waals surface area contributed by atoms with Crippen LogP contribution in [0.25, 0.3) is 5.69 Å². The van der Waals surface area contributed by atoms with Crippen molar-refractivity contribution in [2.24, 2.45) is 0 Å². The fraction of sp³-hybridized carbons (Fsp3) is 0.250. The lowest BCUT2D eigenvalue weighted by Gasteiger charge is -2.07. The van der Waals surface area contributed by atoms with E-state index < -0.39 is 0 Å². The summed E-state index contributed by atoms with van der Waals surface area (Å²) < 4.78 is 2.81. The van der Waals surface area contributed by atoms with Gasteiger partial charge < -0.3 is 5.32 Å². The number of halogens is 2. The molecule has 0 aliphatic heterocycles. The molecular formula is C12H13BrClN3. The van der Waals surface area contributed by atoms with Crippen LogP contribution in [0.15, 0.2) is 28.9 Å². The van der Waals surface area contributed by atoms with E-state index in [2.05, 4.69) is 26.3 Å². The molecule has 5 heteroatoms. The number of aryl methyl sites for hydroxylation is 1. The summed E-state index contributed by atoms with van der Waals surface area (Å²) in [6.07, 6.45) is 1.93. The molecule has 90 valence electrons. The maximum atomic E-state index is 6.13. The van der Waals surface area contributed by atoms with Crippen LogP contribution in [0.5, 0.6) is 0 Å². The van der Waals surface area contributed by atoms with Gasteiger partial charge in [-0.25, -0.2) is 4.68 Å². The van der Waals surface area contributed by atoms with Crippen LogP contribution in [0.1, 0.15) is 11.3 Å². The largest absolute Gasteiger partial charge is 0.314 e. The molecule has 1 aromatic carbocycles. The minimum Gasteiger partial charge on any atom is -0.314 e. The minimum atomic E-state index is 0.744. The first-order valence-electron chi connectivity index (χ1n) is 5.27. The minimum absolute atomic E-state index is 0.744. The van der Waals surface area contributed by atoms with Crippen molar-refractivity contribution in [3.63, 3.8) is 0 Å². The average molecular weight is 315 g/mol. The summed E-state index contributed by atoms with van der Waals surface area (Å²) in [6, 6.07) is 5.89. The zero-order chi connectivity index (χ0) is 12.4. The standard InChI is InChI=1S/C12H13BrClN3/c1-8-5-10(13)12(6-11(8)14)17-4-3-9(16-17)7-15-2/h3-6,15H,7H2,1-2H3. The van der Waals surface area contributed by atoms with Crippen LogP contribution in [0.2, 0.25) is 5.02 Å². The van der Waals surface area contributed by atoms with Crippen LogP contribution < -0.4 is 5.32 Å². The normalized spacial score (nSPS) is 10.8. The lowest BCUT2D eigenvalue weighted by molar-refractivity contribution is 0.756. The van der Waals surface area contributed by atoms with Crippen LogP contribution in [0.3, 0.4) is 0 Å². The Morgan fingerprint density at radius 2 is 2.24 bits per heavy atom. The summed E-state index contributed by atoms with van der Waals surface area (Å²) in [5, 5.41) is 8.28. The fourth-order valence-corrected chi connectivity index (χ4v) is 2.38. The van der Waals surface area contributed by atoms with Gasteiger partial charge in [-0.1, -0.05) is 11.6 Å². The van der Waals surface area contributed by atoms with Crippen molar-refractivity contribution < 1.29 is 0 Å². The molecular weight excluding hydrogens is 302 g/mol. The van der Waals surface area contributed by atoms with Crippen LogP contribution in [0, 0.1) is 6.92 Å². The van der Waals surface area contributed by atoms with Gasteiger partial charge in [0.15, 0.2) is 0 Å². The molecule has 0 spiro atoms. The summed E-state index contributed by atoms with van der Waals surface area (Å²) in [7, 11) is 1.90. The molecule has 0 unspecified atom stereocenters. The van der Waals surface area contributed by atoms with Crippen molar-refractivity contribution >= 4 is 27.5 Å². The highest BCUT2D eigenvalue weighted by Crippen LogP contribution is 2.27. The summed E-state index contributed by atoms with van der Waals surface area (Å²) in [5.74, 6) is 0. The van der Waals surface area contributed by atoms with Crippen LogP contribution in [-0.4, -0.2) is 16.8 Å². The molecule has 0 aliphatic rings. The average Bonchev–Trinajstić information content (AvgIpc) is 2.72. The Morgan fingerprint density at radius 3 is 2.94 bits per heavy atom. The second kappa shape index (κ2) is 5.21. The SMILES string of the molecule is CNCc1ccn(-c2cc(Cl)c(C)cc2Br)n1. The maximum absolute atomic E-state index is 6.13. The first-order valence-corrected chi connectivity index (χ1v) is 6.44. The quantitative estimate of drug-likeness (QED) is 0.942. The topological polar surface area (TPSA) is 29.9 Å². The van der Waals surface area contributed by atoms with Crippen molar-refractivity contribution in [1.29, 1.82) is 0 Å². The lowest BCUT2D eigenvalue weighted by Crippen LogP contribution is -2.06.